The maximum Gasteiger partial charge on any atom is 0.339 e. The summed E-state index contributed by atoms with van der Waals surface area (Å²) < 4.78 is 23.1. The number of rotatable bonds is 9. The lowest BCUT2D eigenvalue weighted by molar-refractivity contribution is 0.0693. The molecule has 0 aliphatic rings. The van der Waals surface area contributed by atoms with Gasteiger partial charge in [0.05, 0.1) is 6.33 Å². The molecule has 1 aromatic heterocycles. The summed E-state index contributed by atoms with van der Waals surface area (Å²) in [5.41, 5.74) is 1.04. The quantitative estimate of drug-likeness (QED) is 0.271. The molecule has 1 heterocycles. The van der Waals surface area contributed by atoms with Gasteiger partial charge in [-0.3, -0.25) is 5.41 Å². The Morgan fingerprint density at radius 1 is 1.24 bits per heavy atom. The first kappa shape index (κ1) is 26.2. The summed E-state index contributed by atoms with van der Waals surface area (Å²) in [4.78, 5) is 11.6. The number of carboxylic acid groups (broad SMARTS) is 1. The minimum absolute atomic E-state index is 0.0103. The van der Waals surface area contributed by atoms with Gasteiger partial charge < -0.3 is 19.5 Å². The zero-order chi connectivity index (χ0) is 24.9. The van der Waals surface area contributed by atoms with Crippen LogP contribution >= 0.6 is 0 Å². The fourth-order valence-corrected chi connectivity index (χ4v) is 2.83. The number of carbonyl (C=O) groups is 1. The number of aromatic carboxylic acids is 1. The van der Waals surface area contributed by atoms with Crippen LogP contribution in [0.5, 0.6) is 5.75 Å². The van der Waals surface area contributed by atoms with Gasteiger partial charge in [-0.15, -0.1) is 0 Å². The molecule has 7 nitrogen and oxygen atoms in total. The number of aliphatic hydroxyl groups excluding tert-OH is 1. The Bertz CT molecular complexity index is 1210. The van der Waals surface area contributed by atoms with Gasteiger partial charge in [-0.25, -0.2) is 9.18 Å². The number of hydrogen-bond donors (Lipinski definition) is 3. The van der Waals surface area contributed by atoms with Gasteiger partial charge in [-0.05, 0) is 42.3 Å². The number of carboxylic acids is 1. The molecule has 8 heteroatoms. The van der Waals surface area contributed by atoms with E-state index in [0.29, 0.717) is 24.2 Å². The van der Waals surface area contributed by atoms with Crippen molar-refractivity contribution in [1.82, 2.24) is 5.16 Å². The van der Waals surface area contributed by atoms with E-state index in [1.54, 1.807) is 24.3 Å². The van der Waals surface area contributed by atoms with Crippen LogP contribution in [0.25, 0.3) is 16.3 Å². The van der Waals surface area contributed by atoms with Gasteiger partial charge >= 0.3 is 5.97 Å². The van der Waals surface area contributed by atoms with Gasteiger partial charge in [0.2, 0.25) is 0 Å². The smallest absolute Gasteiger partial charge is 0.339 e. The molecule has 0 atom stereocenters. The third kappa shape index (κ3) is 7.25. The van der Waals surface area contributed by atoms with Gasteiger partial charge in [0.1, 0.15) is 29.3 Å². The largest absolute Gasteiger partial charge is 0.486 e. The van der Waals surface area contributed by atoms with E-state index < -0.39 is 5.97 Å². The van der Waals surface area contributed by atoms with Crippen LogP contribution in [0.15, 0.2) is 77.6 Å². The second-order valence-corrected chi connectivity index (χ2v) is 7.01. The van der Waals surface area contributed by atoms with Crippen LogP contribution in [-0.4, -0.2) is 40.3 Å². The molecule has 0 saturated heterocycles. The first-order chi connectivity index (χ1) is 16.4. The molecular weight excluding hydrogens is 439 g/mol. The normalized spacial score (nSPS) is 11.6. The fraction of sp³-hybridized carbons (Fsp3) is 0.192. The number of nitrogens with zero attached hydrogens (tertiary/aromatic N) is 1. The van der Waals surface area contributed by atoms with E-state index >= 15 is 0 Å². The average Bonchev–Trinajstić information content (AvgIpc) is 3.35. The van der Waals surface area contributed by atoms with Gasteiger partial charge in [-0.1, -0.05) is 54.6 Å². The number of nitrogens with one attached hydrogen (secondary N) is 1. The number of hydrogen-bond acceptors (Lipinski definition) is 6. The van der Waals surface area contributed by atoms with Crippen LogP contribution in [0.1, 0.15) is 42.1 Å². The second kappa shape index (κ2) is 13.5. The van der Waals surface area contributed by atoms with E-state index in [4.69, 9.17) is 19.8 Å². The van der Waals surface area contributed by atoms with Crippen molar-refractivity contribution < 1.29 is 28.7 Å². The van der Waals surface area contributed by atoms with Crippen molar-refractivity contribution in [3.05, 3.63) is 90.1 Å². The lowest BCUT2D eigenvalue weighted by Crippen LogP contribution is -2.13. The predicted octanol–water partition coefficient (Wildman–Crippen LogP) is 5.80. The van der Waals surface area contributed by atoms with Crippen LogP contribution in [0, 0.1) is 5.41 Å². The van der Waals surface area contributed by atoms with Crippen molar-refractivity contribution in [3.8, 4) is 5.75 Å². The molecule has 0 bridgehead atoms. The van der Waals surface area contributed by atoms with Crippen molar-refractivity contribution in [3.63, 3.8) is 0 Å². The Morgan fingerprint density at radius 3 is 2.50 bits per heavy atom. The number of aliphatic hydroxyl groups is 1. The minimum atomic E-state index is -1.12. The SMILES string of the molecule is CCCO.C\C=C/C(=C\C=C\F)c1cc(C(=N)COc2cc3ccccc3cc2C(=O)O)on1. The minimum Gasteiger partial charge on any atom is -0.486 e. The molecule has 34 heavy (non-hydrogen) atoms. The predicted molar refractivity (Wildman–Crippen MR) is 130 cm³/mol. The summed E-state index contributed by atoms with van der Waals surface area (Å²) >= 11 is 0. The molecule has 3 rings (SSSR count). The maximum absolute atomic E-state index is 12.3. The van der Waals surface area contributed by atoms with Crippen molar-refractivity contribution in [2.75, 3.05) is 13.2 Å². The molecule has 0 spiro atoms. The van der Waals surface area contributed by atoms with Gasteiger partial charge in [0, 0.05) is 18.2 Å². The zero-order valence-corrected chi connectivity index (χ0v) is 19.0. The van der Waals surface area contributed by atoms with E-state index in [1.165, 1.54) is 18.2 Å². The fourth-order valence-electron chi connectivity index (χ4n) is 2.83. The van der Waals surface area contributed by atoms with Crippen molar-refractivity contribution >= 4 is 28.0 Å². The van der Waals surface area contributed by atoms with Crippen LogP contribution < -0.4 is 4.74 Å². The highest BCUT2D eigenvalue weighted by atomic mass is 19.1. The van der Waals surface area contributed by atoms with E-state index in [2.05, 4.69) is 5.16 Å². The Morgan fingerprint density at radius 2 is 1.91 bits per heavy atom. The number of benzene rings is 2. The van der Waals surface area contributed by atoms with Crippen LogP contribution in [-0.2, 0) is 0 Å². The molecule has 0 unspecified atom stereocenters. The third-order valence-electron chi connectivity index (χ3n) is 4.47. The van der Waals surface area contributed by atoms with Crippen LogP contribution in [0.2, 0.25) is 0 Å². The first-order valence-electron chi connectivity index (χ1n) is 10.6. The topological polar surface area (TPSA) is 117 Å². The zero-order valence-electron chi connectivity index (χ0n) is 19.0. The molecule has 0 radical (unpaired) electrons. The van der Waals surface area contributed by atoms with Crippen LogP contribution in [0.4, 0.5) is 4.39 Å². The summed E-state index contributed by atoms with van der Waals surface area (Å²) in [5.74, 6) is -0.790. The summed E-state index contributed by atoms with van der Waals surface area (Å²) in [6.07, 6.45) is 7.54. The van der Waals surface area contributed by atoms with E-state index in [9.17, 15) is 14.3 Å². The van der Waals surface area contributed by atoms with Gasteiger partial charge in [0.15, 0.2) is 5.76 Å². The van der Waals surface area contributed by atoms with Crippen molar-refractivity contribution in [1.29, 1.82) is 5.41 Å². The van der Waals surface area contributed by atoms with Gasteiger partial charge in [-0.2, -0.15) is 0 Å². The van der Waals surface area contributed by atoms with Crippen molar-refractivity contribution in [2.24, 2.45) is 0 Å². The highest BCUT2D eigenvalue weighted by molar-refractivity contribution is 5.99. The monoisotopic (exact) mass is 466 g/mol. The van der Waals surface area contributed by atoms with Gasteiger partial charge in [0.25, 0.3) is 0 Å². The Hall–Kier alpha value is -4.04. The lowest BCUT2D eigenvalue weighted by atomic mass is 10.1. The highest BCUT2D eigenvalue weighted by Crippen LogP contribution is 2.26. The molecule has 0 aliphatic heterocycles. The summed E-state index contributed by atoms with van der Waals surface area (Å²) in [6.45, 7) is 3.85. The average molecular weight is 467 g/mol. The number of halogens is 1. The molecule has 3 aromatic rings. The lowest BCUT2D eigenvalue weighted by Gasteiger charge is -2.10. The standard InChI is InChI=1S/C23H19FN2O4.C3H8O/c1-2-6-15(9-5-10-24)20-13-22(30-26-20)19(25)14-29-21-12-17-8-4-3-7-16(17)11-18(21)23(27)28;1-2-3-4/h2-13,25H,14H2,1H3,(H,27,28);4H,2-3H2,1H3/b6-2-,10-5+,15-9+,25-19?;. The molecule has 0 fully saturated rings. The molecule has 0 aliphatic carbocycles. The summed E-state index contributed by atoms with van der Waals surface area (Å²) in [6, 6.07) is 12.1. The third-order valence-corrected chi connectivity index (χ3v) is 4.47. The van der Waals surface area contributed by atoms with E-state index in [-0.39, 0.29) is 29.4 Å². The number of ether oxygens (including phenoxy) is 1. The van der Waals surface area contributed by atoms with E-state index in [1.807, 2.05) is 38.1 Å². The first-order valence-corrected chi connectivity index (χ1v) is 10.6. The summed E-state index contributed by atoms with van der Waals surface area (Å²) in [5, 5.41) is 31.1. The van der Waals surface area contributed by atoms with Crippen LogP contribution in [0.3, 0.4) is 0 Å². The Balaban J connectivity index is 0.000000945. The molecule has 0 saturated carbocycles. The number of allylic oxidation sites excluding steroid dienone is 5. The van der Waals surface area contributed by atoms with E-state index in [0.717, 1.165) is 17.2 Å². The molecule has 3 N–H and O–H groups in total. The molecule has 0 amide bonds. The molecule has 2 aromatic carbocycles. The Labute approximate surface area is 197 Å². The second-order valence-electron chi connectivity index (χ2n) is 7.01. The summed E-state index contributed by atoms with van der Waals surface area (Å²) in [7, 11) is 0. The Kier molecular flexibility index (Phi) is 10.4. The highest BCUT2D eigenvalue weighted by Gasteiger charge is 2.16. The molecule has 178 valence electrons. The molecular formula is C26H27FN2O5. The number of fused-ring (bicyclic) bond motifs is 1. The van der Waals surface area contributed by atoms with Crippen molar-refractivity contribution in [2.45, 2.75) is 20.3 Å². The maximum atomic E-state index is 12.3. The number of aromatic nitrogens is 1.